The number of β-amino-alcohol motifs (C(OH)–C–C–N with tert-alkyl or cyclic N) is 1. The second kappa shape index (κ2) is 6.76. The summed E-state index contributed by atoms with van der Waals surface area (Å²) >= 11 is 0. The average Bonchev–Trinajstić information content (AvgIpc) is 2.14. The van der Waals surface area contributed by atoms with Gasteiger partial charge >= 0.3 is 5.97 Å². The van der Waals surface area contributed by atoms with Crippen molar-refractivity contribution in [3.8, 4) is 0 Å². The predicted molar refractivity (Wildman–Crippen MR) is 56.7 cm³/mol. The van der Waals surface area contributed by atoms with Crippen LogP contribution in [-0.4, -0.2) is 46.1 Å². The molecule has 0 aromatic heterocycles. The van der Waals surface area contributed by atoms with Gasteiger partial charge in [0.25, 0.3) is 0 Å². The van der Waals surface area contributed by atoms with Crippen LogP contribution in [0.3, 0.4) is 0 Å². The minimum Gasteiger partial charge on any atom is -0.481 e. The van der Waals surface area contributed by atoms with E-state index in [0.717, 1.165) is 6.42 Å². The second-order valence-corrected chi connectivity index (χ2v) is 4.02. The zero-order valence-electron chi connectivity index (χ0n) is 9.36. The molecule has 0 aromatic carbocycles. The Morgan fingerprint density at radius 2 is 2.13 bits per heavy atom. The number of hydrogen-bond donors (Lipinski definition) is 4. The van der Waals surface area contributed by atoms with Crippen LogP contribution in [0.5, 0.6) is 0 Å². The minimum absolute atomic E-state index is 0.0758. The first-order chi connectivity index (χ1) is 6.93. The van der Waals surface area contributed by atoms with Crippen LogP contribution in [-0.2, 0) is 4.79 Å². The number of carboxylic acid groups (broad SMARTS) is 1. The Morgan fingerprint density at radius 1 is 1.53 bits per heavy atom. The van der Waals surface area contributed by atoms with E-state index in [9.17, 15) is 9.90 Å². The lowest BCUT2D eigenvalue weighted by Crippen LogP contribution is -2.46. The van der Waals surface area contributed by atoms with Crippen molar-refractivity contribution < 1.29 is 20.1 Å². The van der Waals surface area contributed by atoms with E-state index in [0.29, 0.717) is 6.42 Å². The van der Waals surface area contributed by atoms with Crippen LogP contribution in [0.4, 0.5) is 0 Å². The van der Waals surface area contributed by atoms with Gasteiger partial charge in [0, 0.05) is 18.7 Å². The van der Waals surface area contributed by atoms with Crippen molar-refractivity contribution in [1.82, 2.24) is 5.32 Å². The Kier molecular flexibility index (Phi) is 6.47. The summed E-state index contributed by atoms with van der Waals surface area (Å²) in [6.45, 7) is 4.23. The van der Waals surface area contributed by atoms with Crippen LogP contribution in [0.2, 0.25) is 0 Å². The fourth-order valence-electron chi connectivity index (χ4n) is 1.27. The van der Waals surface area contributed by atoms with E-state index in [2.05, 4.69) is 5.32 Å². The first-order valence-corrected chi connectivity index (χ1v) is 5.19. The number of nitrogens with one attached hydrogen (secondary N) is 1. The molecule has 90 valence electrons. The monoisotopic (exact) mass is 219 g/mol. The van der Waals surface area contributed by atoms with Gasteiger partial charge in [-0.3, -0.25) is 4.79 Å². The molecule has 0 bridgehead atoms. The maximum absolute atomic E-state index is 10.3. The van der Waals surface area contributed by atoms with E-state index >= 15 is 0 Å². The summed E-state index contributed by atoms with van der Waals surface area (Å²) in [6.07, 6.45) is 0.259. The molecule has 5 heteroatoms. The third kappa shape index (κ3) is 6.43. The molecule has 2 unspecified atom stereocenters. The maximum atomic E-state index is 10.3. The van der Waals surface area contributed by atoms with Gasteiger partial charge in [-0.15, -0.1) is 0 Å². The van der Waals surface area contributed by atoms with Gasteiger partial charge in [-0.2, -0.15) is 0 Å². The molecule has 15 heavy (non-hydrogen) atoms. The van der Waals surface area contributed by atoms with E-state index in [4.69, 9.17) is 10.2 Å². The smallest absolute Gasteiger partial charge is 0.306 e. The summed E-state index contributed by atoms with van der Waals surface area (Å²) in [6, 6.07) is 0. The van der Waals surface area contributed by atoms with Crippen molar-refractivity contribution in [2.45, 2.75) is 44.8 Å². The first kappa shape index (κ1) is 14.3. The summed E-state index contributed by atoms with van der Waals surface area (Å²) in [7, 11) is 0. The molecule has 0 aliphatic heterocycles. The van der Waals surface area contributed by atoms with Gasteiger partial charge in [0.05, 0.1) is 12.5 Å². The van der Waals surface area contributed by atoms with Crippen molar-refractivity contribution in [3.05, 3.63) is 0 Å². The van der Waals surface area contributed by atoms with Gasteiger partial charge < -0.3 is 20.6 Å². The fraction of sp³-hybridized carbons (Fsp3) is 0.900. The molecular formula is C10H21NO4. The molecular weight excluding hydrogens is 198 g/mol. The average molecular weight is 219 g/mol. The zero-order valence-corrected chi connectivity index (χ0v) is 9.36. The number of rotatable bonds is 8. The molecule has 0 heterocycles. The van der Waals surface area contributed by atoms with Gasteiger partial charge in [0.2, 0.25) is 0 Å². The largest absolute Gasteiger partial charge is 0.481 e. The number of aliphatic hydroxyl groups excluding tert-OH is 2. The topological polar surface area (TPSA) is 89.8 Å². The fourth-order valence-corrected chi connectivity index (χ4v) is 1.27. The van der Waals surface area contributed by atoms with Gasteiger partial charge in [-0.25, -0.2) is 0 Å². The second-order valence-electron chi connectivity index (χ2n) is 4.02. The molecule has 2 atom stereocenters. The van der Waals surface area contributed by atoms with Crippen molar-refractivity contribution in [2.75, 3.05) is 13.2 Å². The van der Waals surface area contributed by atoms with E-state index in [-0.39, 0.29) is 25.1 Å². The van der Waals surface area contributed by atoms with Crippen LogP contribution >= 0.6 is 0 Å². The third-order valence-electron chi connectivity index (χ3n) is 2.62. The Hall–Kier alpha value is -0.650. The van der Waals surface area contributed by atoms with Crippen molar-refractivity contribution in [2.24, 2.45) is 0 Å². The molecule has 0 saturated heterocycles. The molecule has 0 radical (unpaired) electrons. The normalized spacial score (nSPS) is 17.1. The van der Waals surface area contributed by atoms with E-state index < -0.39 is 12.1 Å². The van der Waals surface area contributed by atoms with Crippen LogP contribution in [0, 0.1) is 0 Å². The maximum Gasteiger partial charge on any atom is 0.306 e. The summed E-state index contributed by atoms with van der Waals surface area (Å²) in [5.41, 5.74) is -0.242. The molecule has 0 amide bonds. The van der Waals surface area contributed by atoms with Gasteiger partial charge in [-0.1, -0.05) is 6.92 Å². The lowest BCUT2D eigenvalue weighted by molar-refractivity contribution is -0.139. The Bertz CT molecular complexity index is 198. The summed E-state index contributed by atoms with van der Waals surface area (Å²) in [5, 5.41) is 29.7. The molecule has 0 aliphatic carbocycles. The van der Waals surface area contributed by atoms with Crippen molar-refractivity contribution in [1.29, 1.82) is 0 Å². The number of carbonyl (C=O) groups is 1. The van der Waals surface area contributed by atoms with Crippen LogP contribution in [0.15, 0.2) is 0 Å². The molecule has 0 rings (SSSR count). The van der Waals surface area contributed by atoms with Crippen LogP contribution in [0.1, 0.15) is 33.1 Å². The summed E-state index contributed by atoms with van der Waals surface area (Å²) < 4.78 is 0. The number of aliphatic carboxylic acids is 1. The highest BCUT2D eigenvalue weighted by Crippen LogP contribution is 2.13. The van der Waals surface area contributed by atoms with Gasteiger partial charge in [0.1, 0.15) is 0 Å². The zero-order chi connectivity index (χ0) is 11.9. The van der Waals surface area contributed by atoms with Gasteiger partial charge in [0.15, 0.2) is 0 Å². The van der Waals surface area contributed by atoms with Crippen molar-refractivity contribution in [3.63, 3.8) is 0 Å². The van der Waals surface area contributed by atoms with Crippen LogP contribution < -0.4 is 5.32 Å². The minimum atomic E-state index is -1.01. The number of aliphatic hydroxyl groups is 2. The molecule has 0 aromatic rings. The van der Waals surface area contributed by atoms with E-state index in [1.54, 1.807) is 0 Å². The van der Waals surface area contributed by atoms with Crippen LogP contribution in [0.25, 0.3) is 0 Å². The molecule has 0 fully saturated rings. The Morgan fingerprint density at radius 3 is 2.53 bits per heavy atom. The highest BCUT2D eigenvalue weighted by molar-refractivity contribution is 5.67. The molecule has 0 aliphatic rings. The summed E-state index contributed by atoms with van der Waals surface area (Å²) in [4.78, 5) is 10.3. The van der Waals surface area contributed by atoms with E-state index in [1.165, 1.54) is 0 Å². The number of carboxylic acids is 1. The quantitative estimate of drug-likeness (QED) is 0.460. The molecule has 0 saturated carbocycles. The van der Waals surface area contributed by atoms with E-state index in [1.807, 2.05) is 13.8 Å². The highest BCUT2D eigenvalue weighted by atomic mass is 16.4. The Labute approximate surface area is 90.1 Å². The lowest BCUT2D eigenvalue weighted by Gasteiger charge is -2.30. The first-order valence-electron chi connectivity index (χ1n) is 5.19. The number of hydrogen-bond acceptors (Lipinski definition) is 4. The molecule has 5 nitrogen and oxygen atoms in total. The van der Waals surface area contributed by atoms with Gasteiger partial charge in [-0.05, 0) is 19.8 Å². The standard InChI is InChI=1S/C10H21NO4/c1-3-10(2,4-5-12)11-7-8(13)6-9(14)15/h8,11-13H,3-7H2,1-2H3,(H,14,15). The predicted octanol–water partition coefficient (Wildman–Crippen LogP) is -0.0373. The molecule has 0 spiro atoms. The lowest BCUT2D eigenvalue weighted by atomic mass is 9.94. The summed E-state index contributed by atoms with van der Waals surface area (Å²) in [5.74, 6) is -1.01. The SMILES string of the molecule is CCC(C)(CCO)NCC(O)CC(=O)O. The third-order valence-corrected chi connectivity index (χ3v) is 2.62. The molecule has 4 N–H and O–H groups in total. The van der Waals surface area contributed by atoms with Crippen molar-refractivity contribution >= 4 is 5.97 Å². The Balaban J connectivity index is 3.94. The highest BCUT2D eigenvalue weighted by Gasteiger charge is 2.22.